The molecule has 3 nitrogen and oxygen atoms in total. The first-order valence-electron chi connectivity index (χ1n) is 10.7. The molecule has 0 radical (unpaired) electrons. The second kappa shape index (κ2) is 5.97. The second-order valence-corrected chi connectivity index (χ2v) is 10.3. The van der Waals surface area contributed by atoms with Crippen molar-refractivity contribution in [3.05, 3.63) is 0 Å². The van der Waals surface area contributed by atoms with Gasteiger partial charge in [-0.15, -0.1) is 0 Å². The summed E-state index contributed by atoms with van der Waals surface area (Å²) in [4.78, 5) is 12.1. The minimum atomic E-state index is -0.547. The van der Waals surface area contributed by atoms with E-state index in [1.807, 2.05) is 6.92 Å². The molecule has 0 aromatic rings. The summed E-state index contributed by atoms with van der Waals surface area (Å²) in [5, 5.41) is 20.3. The zero-order valence-electron chi connectivity index (χ0n) is 16.2. The third kappa shape index (κ3) is 2.37. The minimum Gasteiger partial charge on any atom is -0.481 e. The molecule has 2 N–H and O–H groups in total. The Morgan fingerprint density at radius 3 is 2.44 bits per heavy atom. The molecule has 0 amide bonds. The molecule has 4 aliphatic carbocycles. The molecule has 3 heteroatoms. The smallest absolute Gasteiger partial charge is 0.307 e. The summed E-state index contributed by atoms with van der Waals surface area (Å²) >= 11 is 0. The monoisotopic (exact) mass is 348 g/mol. The fourth-order valence-electron chi connectivity index (χ4n) is 8.57. The highest BCUT2D eigenvalue weighted by Gasteiger charge is 2.62. The van der Waals surface area contributed by atoms with Gasteiger partial charge in [0.25, 0.3) is 0 Å². The third-order valence-corrected chi connectivity index (χ3v) is 9.71. The van der Waals surface area contributed by atoms with Crippen LogP contribution in [0, 0.1) is 46.3 Å². The summed E-state index contributed by atoms with van der Waals surface area (Å²) in [5.74, 6) is 2.32. The molecule has 142 valence electrons. The number of carbonyl (C=O) groups is 1. The van der Waals surface area contributed by atoms with Crippen LogP contribution in [0.2, 0.25) is 0 Å². The van der Waals surface area contributed by atoms with E-state index in [2.05, 4.69) is 13.8 Å². The van der Waals surface area contributed by atoms with Gasteiger partial charge in [-0.25, -0.2) is 0 Å². The number of aliphatic hydroxyl groups excluding tert-OH is 1. The Kier molecular flexibility index (Phi) is 4.26. The van der Waals surface area contributed by atoms with E-state index in [4.69, 9.17) is 0 Å². The van der Waals surface area contributed by atoms with Gasteiger partial charge >= 0.3 is 5.97 Å². The van der Waals surface area contributed by atoms with Crippen LogP contribution in [0.3, 0.4) is 0 Å². The molecule has 0 aromatic heterocycles. The second-order valence-electron chi connectivity index (χ2n) is 10.3. The molecule has 3 unspecified atom stereocenters. The molecule has 0 aromatic carbocycles. The maximum absolute atomic E-state index is 12.1. The van der Waals surface area contributed by atoms with Crippen molar-refractivity contribution in [1.29, 1.82) is 0 Å². The van der Waals surface area contributed by atoms with Gasteiger partial charge in [0, 0.05) is 0 Å². The number of hydrogen-bond donors (Lipinski definition) is 2. The number of aliphatic hydroxyl groups is 1. The van der Waals surface area contributed by atoms with E-state index >= 15 is 0 Å². The van der Waals surface area contributed by atoms with Gasteiger partial charge < -0.3 is 10.2 Å². The highest BCUT2D eigenvalue weighted by atomic mass is 16.4. The van der Waals surface area contributed by atoms with E-state index in [0.29, 0.717) is 29.6 Å². The number of hydrogen-bond acceptors (Lipinski definition) is 2. The molecule has 0 spiro atoms. The van der Waals surface area contributed by atoms with Crippen LogP contribution in [0.4, 0.5) is 0 Å². The highest BCUT2D eigenvalue weighted by molar-refractivity contribution is 5.71. The average Bonchev–Trinajstić information content (AvgIpc) is 2.91. The quantitative estimate of drug-likeness (QED) is 0.758. The lowest BCUT2D eigenvalue weighted by Gasteiger charge is -2.62. The predicted octanol–water partition coefficient (Wildman–Crippen LogP) is 4.73. The fraction of sp³-hybridized carbons (Fsp3) is 0.955. The van der Waals surface area contributed by atoms with E-state index < -0.39 is 5.97 Å². The van der Waals surface area contributed by atoms with Crippen molar-refractivity contribution < 1.29 is 15.0 Å². The Balaban J connectivity index is 1.67. The fourth-order valence-corrected chi connectivity index (χ4v) is 8.57. The Bertz CT molecular complexity index is 543. The molecule has 4 rings (SSSR count). The molecular weight excluding hydrogens is 312 g/mol. The molecule has 0 bridgehead atoms. The van der Waals surface area contributed by atoms with Crippen LogP contribution in [-0.2, 0) is 4.79 Å². The number of rotatable bonds is 2. The van der Waals surface area contributed by atoms with Gasteiger partial charge in [0.05, 0.1) is 12.0 Å². The summed E-state index contributed by atoms with van der Waals surface area (Å²) < 4.78 is 0. The van der Waals surface area contributed by atoms with Gasteiger partial charge in [0.2, 0.25) is 0 Å². The van der Waals surface area contributed by atoms with E-state index in [1.54, 1.807) is 0 Å². The first kappa shape index (κ1) is 17.8. The number of fused-ring (bicyclic) bond motifs is 5. The Labute approximate surface area is 152 Å². The van der Waals surface area contributed by atoms with Crippen molar-refractivity contribution >= 4 is 5.97 Å². The molecule has 4 fully saturated rings. The lowest BCUT2D eigenvalue weighted by Crippen LogP contribution is -2.57. The van der Waals surface area contributed by atoms with Crippen molar-refractivity contribution in [1.82, 2.24) is 0 Å². The number of aliphatic carboxylic acids is 1. The minimum absolute atomic E-state index is 0.00273. The first-order valence-corrected chi connectivity index (χ1v) is 10.7. The van der Waals surface area contributed by atoms with Gasteiger partial charge in [-0.05, 0) is 98.7 Å². The standard InChI is InChI=1S/C22H36O3/c1-13(23)16-9-10-17-15-8-7-14-5-4-6-19(20(24)25)22(14,3)18(15)11-12-21(16,17)2/h13-19,23H,4-12H2,1-3H3,(H,24,25)/t13?,14?,15-,16+,17-,18-,19?,21+,22-/m0/s1. The lowest BCUT2D eigenvalue weighted by molar-refractivity contribution is -0.172. The van der Waals surface area contributed by atoms with Crippen LogP contribution < -0.4 is 0 Å². The SMILES string of the molecule is CC(O)[C@H]1CC[C@H]2[C@@H]3CCC4CCCC(C(=O)O)[C@]4(C)[C@H]3CC[C@]12C. The van der Waals surface area contributed by atoms with Crippen molar-refractivity contribution in [2.75, 3.05) is 0 Å². The lowest BCUT2D eigenvalue weighted by atomic mass is 9.42. The van der Waals surface area contributed by atoms with Crippen molar-refractivity contribution in [3.8, 4) is 0 Å². The Morgan fingerprint density at radius 2 is 1.76 bits per heavy atom. The largest absolute Gasteiger partial charge is 0.481 e. The van der Waals surface area contributed by atoms with Gasteiger partial charge in [0.15, 0.2) is 0 Å². The molecule has 0 aliphatic heterocycles. The molecule has 0 heterocycles. The Morgan fingerprint density at radius 1 is 1.00 bits per heavy atom. The van der Waals surface area contributed by atoms with Crippen LogP contribution >= 0.6 is 0 Å². The maximum Gasteiger partial charge on any atom is 0.307 e. The normalized spacial score (nSPS) is 53.4. The number of carboxylic acid groups (broad SMARTS) is 1. The van der Waals surface area contributed by atoms with E-state index in [-0.39, 0.29) is 22.9 Å². The first-order chi connectivity index (χ1) is 11.8. The summed E-state index contributed by atoms with van der Waals surface area (Å²) in [5.41, 5.74) is 0.267. The van der Waals surface area contributed by atoms with Gasteiger partial charge in [-0.3, -0.25) is 4.79 Å². The van der Waals surface area contributed by atoms with Crippen molar-refractivity contribution in [2.45, 2.75) is 84.7 Å². The molecular formula is C22H36O3. The van der Waals surface area contributed by atoms with E-state index in [1.165, 1.54) is 38.5 Å². The molecule has 9 atom stereocenters. The summed E-state index contributed by atoms with van der Waals surface area (Å²) in [6.07, 6.45) is 10.3. The molecule has 25 heavy (non-hydrogen) atoms. The van der Waals surface area contributed by atoms with Crippen LogP contribution in [-0.4, -0.2) is 22.3 Å². The maximum atomic E-state index is 12.1. The van der Waals surface area contributed by atoms with Gasteiger partial charge in [0.1, 0.15) is 0 Å². The van der Waals surface area contributed by atoms with Gasteiger partial charge in [-0.2, -0.15) is 0 Å². The molecule has 4 aliphatic rings. The zero-order chi connectivity index (χ0) is 18.0. The van der Waals surface area contributed by atoms with E-state index in [9.17, 15) is 15.0 Å². The topological polar surface area (TPSA) is 57.5 Å². The zero-order valence-corrected chi connectivity index (χ0v) is 16.2. The van der Waals surface area contributed by atoms with E-state index in [0.717, 1.165) is 19.3 Å². The summed E-state index contributed by atoms with van der Waals surface area (Å²) in [7, 11) is 0. The van der Waals surface area contributed by atoms with Crippen LogP contribution in [0.1, 0.15) is 78.6 Å². The third-order valence-electron chi connectivity index (χ3n) is 9.71. The number of carboxylic acids is 1. The Hall–Kier alpha value is -0.570. The van der Waals surface area contributed by atoms with Crippen molar-refractivity contribution in [3.63, 3.8) is 0 Å². The van der Waals surface area contributed by atoms with Crippen LogP contribution in [0.25, 0.3) is 0 Å². The van der Waals surface area contributed by atoms with Gasteiger partial charge in [-0.1, -0.05) is 20.3 Å². The average molecular weight is 349 g/mol. The summed E-state index contributed by atoms with van der Waals surface area (Å²) in [6, 6.07) is 0. The molecule has 4 saturated carbocycles. The van der Waals surface area contributed by atoms with Crippen LogP contribution in [0.15, 0.2) is 0 Å². The summed E-state index contributed by atoms with van der Waals surface area (Å²) in [6.45, 7) is 6.75. The molecule has 0 saturated heterocycles. The van der Waals surface area contributed by atoms with Crippen molar-refractivity contribution in [2.24, 2.45) is 46.3 Å². The van der Waals surface area contributed by atoms with Crippen LogP contribution in [0.5, 0.6) is 0 Å². The highest BCUT2D eigenvalue weighted by Crippen LogP contribution is 2.68. The predicted molar refractivity (Wildman–Crippen MR) is 98.0 cm³/mol.